The molecule has 3 rings (SSSR count). The van der Waals surface area contributed by atoms with E-state index in [1.54, 1.807) is 0 Å². The van der Waals surface area contributed by atoms with Crippen molar-refractivity contribution < 1.29 is 5.11 Å². The van der Waals surface area contributed by atoms with Gasteiger partial charge in [0.25, 0.3) is 0 Å². The Morgan fingerprint density at radius 2 is 1.65 bits per heavy atom. The minimum atomic E-state index is -0.718. The minimum absolute atomic E-state index is 0. The summed E-state index contributed by atoms with van der Waals surface area (Å²) in [4.78, 5) is 6.99. The van der Waals surface area contributed by atoms with E-state index in [9.17, 15) is 5.11 Å². The molecule has 1 heterocycles. The highest BCUT2D eigenvalue weighted by Crippen LogP contribution is 2.27. The predicted molar refractivity (Wildman–Crippen MR) is 111 cm³/mol. The number of anilines is 1. The van der Waals surface area contributed by atoms with E-state index in [0.717, 1.165) is 48.5 Å². The Kier molecular flexibility index (Phi) is 7.06. The highest BCUT2D eigenvalue weighted by molar-refractivity contribution is 5.85. The largest absolute Gasteiger partial charge is 0.380 e. The van der Waals surface area contributed by atoms with E-state index >= 15 is 0 Å². The molecule has 0 radical (unpaired) electrons. The number of aryl methyl sites for hydroxylation is 1. The van der Waals surface area contributed by atoms with Gasteiger partial charge in [0.2, 0.25) is 0 Å². The molecule has 140 valence electrons. The summed E-state index contributed by atoms with van der Waals surface area (Å²) in [5.74, 6) is 0.721. The fraction of sp³-hybridized carbons (Fsp3) is 0.381. The third kappa shape index (κ3) is 3.87. The molecule has 0 amide bonds. The Labute approximate surface area is 161 Å². The maximum atomic E-state index is 10.9. The monoisotopic (exact) mass is 373 g/mol. The van der Waals surface area contributed by atoms with Crippen molar-refractivity contribution in [2.45, 2.75) is 39.8 Å². The zero-order chi connectivity index (χ0) is 17.8. The second-order valence-corrected chi connectivity index (χ2v) is 6.28. The summed E-state index contributed by atoms with van der Waals surface area (Å²) in [5.41, 5.74) is 4.08. The van der Waals surface area contributed by atoms with E-state index in [1.807, 2.05) is 30.3 Å². The fourth-order valence-electron chi connectivity index (χ4n) is 3.37. The van der Waals surface area contributed by atoms with Gasteiger partial charge in [-0.15, -0.1) is 12.4 Å². The Morgan fingerprint density at radius 3 is 2.27 bits per heavy atom. The molecule has 3 aromatic rings. The molecule has 1 aromatic heterocycles. The number of rotatable bonds is 7. The first-order chi connectivity index (χ1) is 12.2. The lowest BCUT2D eigenvalue weighted by Crippen LogP contribution is -2.21. The van der Waals surface area contributed by atoms with Crippen LogP contribution in [-0.2, 0) is 6.54 Å². The maximum Gasteiger partial charge on any atom is 0.143 e. The van der Waals surface area contributed by atoms with Crippen molar-refractivity contribution >= 4 is 29.1 Å². The van der Waals surface area contributed by atoms with Crippen molar-refractivity contribution in [2.24, 2.45) is 0 Å². The molecule has 0 aliphatic carbocycles. The molecule has 5 heteroatoms. The lowest BCUT2D eigenvalue weighted by atomic mass is 10.1. The first-order valence-electron chi connectivity index (χ1n) is 9.17. The van der Waals surface area contributed by atoms with Crippen molar-refractivity contribution in [3.05, 3.63) is 59.9 Å². The third-order valence-corrected chi connectivity index (χ3v) is 4.71. The molecule has 0 aliphatic rings. The predicted octanol–water partition coefficient (Wildman–Crippen LogP) is 4.80. The van der Waals surface area contributed by atoms with Crippen LogP contribution in [0.2, 0.25) is 0 Å². The second-order valence-electron chi connectivity index (χ2n) is 6.28. The van der Waals surface area contributed by atoms with E-state index in [1.165, 1.54) is 5.69 Å². The van der Waals surface area contributed by atoms with Crippen LogP contribution in [0.15, 0.2) is 48.5 Å². The number of fused-ring (bicyclic) bond motifs is 1. The SMILES string of the molecule is CCCn1c(C(O)c2ccc(N(CC)CC)cc2)nc2ccccc21.Cl. The van der Waals surface area contributed by atoms with Crippen molar-refractivity contribution in [2.75, 3.05) is 18.0 Å². The highest BCUT2D eigenvalue weighted by Gasteiger charge is 2.19. The minimum Gasteiger partial charge on any atom is -0.380 e. The van der Waals surface area contributed by atoms with Gasteiger partial charge in [-0.25, -0.2) is 4.98 Å². The van der Waals surface area contributed by atoms with Crippen LogP contribution in [0.5, 0.6) is 0 Å². The van der Waals surface area contributed by atoms with Crippen molar-refractivity contribution in [3.8, 4) is 0 Å². The number of para-hydroxylation sites is 2. The number of halogens is 1. The van der Waals surface area contributed by atoms with Crippen LogP contribution >= 0.6 is 12.4 Å². The quantitative estimate of drug-likeness (QED) is 0.647. The van der Waals surface area contributed by atoms with Gasteiger partial charge in [-0.1, -0.05) is 31.2 Å². The van der Waals surface area contributed by atoms with Gasteiger partial charge in [0.15, 0.2) is 0 Å². The number of aliphatic hydroxyl groups excluding tert-OH is 1. The molecule has 2 aromatic carbocycles. The number of aliphatic hydroxyl groups is 1. The third-order valence-electron chi connectivity index (χ3n) is 4.71. The average Bonchev–Trinajstić information content (AvgIpc) is 3.02. The Morgan fingerprint density at radius 1 is 1.00 bits per heavy atom. The summed E-state index contributed by atoms with van der Waals surface area (Å²) in [6, 6.07) is 16.3. The molecule has 0 saturated heterocycles. The molecule has 0 fully saturated rings. The Balaban J connectivity index is 0.00000243. The normalized spacial score (nSPS) is 12.0. The molecular weight excluding hydrogens is 346 g/mol. The van der Waals surface area contributed by atoms with E-state index in [0.29, 0.717) is 0 Å². The summed E-state index contributed by atoms with van der Waals surface area (Å²) in [6.07, 6.45) is 0.283. The average molecular weight is 374 g/mol. The molecule has 0 spiro atoms. The molecule has 0 saturated carbocycles. The zero-order valence-electron chi connectivity index (χ0n) is 15.7. The van der Waals surface area contributed by atoms with Crippen LogP contribution in [0.3, 0.4) is 0 Å². The van der Waals surface area contributed by atoms with Gasteiger partial charge in [0.05, 0.1) is 11.0 Å². The van der Waals surface area contributed by atoms with Crippen LogP contribution in [0.25, 0.3) is 11.0 Å². The molecule has 1 N–H and O–H groups in total. The van der Waals surface area contributed by atoms with E-state index < -0.39 is 6.10 Å². The first kappa shape index (κ1) is 20.3. The molecule has 26 heavy (non-hydrogen) atoms. The van der Waals surface area contributed by atoms with E-state index in [4.69, 9.17) is 4.98 Å². The molecule has 4 nitrogen and oxygen atoms in total. The number of nitrogens with zero attached hydrogens (tertiary/aromatic N) is 3. The summed E-state index contributed by atoms with van der Waals surface area (Å²) in [6.45, 7) is 9.25. The van der Waals surface area contributed by atoms with E-state index in [2.05, 4.69) is 48.4 Å². The molecule has 0 aliphatic heterocycles. The lowest BCUT2D eigenvalue weighted by molar-refractivity contribution is 0.205. The Hall–Kier alpha value is -2.04. The number of imidazole rings is 1. The van der Waals surface area contributed by atoms with Crippen LogP contribution in [-0.4, -0.2) is 27.7 Å². The zero-order valence-corrected chi connectivity index (χ0v) is 16.5. The Bertz CT molecular complexity index is 825. The van der Waals surface area contributed by atoms with Crippen LogP contribution < -0.4 is 4.90 Å². The summed E-state index contributed by atoms with van der Waals surface area (Å²) in [5, 5.41) is 10.9. The summed E-state index contributed by atoms with van der Waals surface area (Å²) in [7, 11) is 0. The second kappa shape index (κ2) is 9.06. The van der Waals surface area contributed by atoms with Crippen molar-refractivity contribution in [1.82, 2.24) is 9.55 Å². The van der Waals surface area contributed by atoms with Gasteiger partial charge < -0.3 is 14.6 Å². The van der Waals surface area contributed by atoms with Gasteiger partial charge in [-0.2, -0.15) is 0 Å². The number of benzene rings is 2. The van der Waals surface area contributed by atoms with Gasteiger partial charge in [0.1, 0.15) is 11.9 Å². The smallest absolute Gasteiger partial charge is 0.143 e. The van der Waals surface area contributed by atoms with Gasteiger partial charge in [0, 0.05) is 25.3 Å². The number of aromatic nitrogens is 2. The van der Waals surface area contributed by atoms with Gasteiger partial charge in [-0.3, -0.25) is 0 Å². The highest BCUT2D eigenvalue weighted by atomic mass is 35.5. The number of hydrogen-bond donors (Lipinski definition) is 1. The van der Waals surface area contributed by atoms with E-state index in [-0.39, 0.29) is 12.4 Å². The van der Waals surface area contributed by atoms with Crippen molar-refractivity contribution in [3.63, 3.8) is 0 Å². The topological polar surface area (TPSA) is 41.3 Å². The first-order valence-corrected chi connectivity index (χ1v) is 9.17. The fourth-order valence-corrected chi connectivity index (χ4v) is 3.37. The van der Waals surface area contributed by atoms with Gasteiger partial charge in [-0.05, 0) is 50.1 Å². The standard InChI is InChI=1S/C21H27N3O.ClH/c1-4-15-24-19-10-8-7-9-18(19)22-21(24)20(25)16-11-13-17(14-12-16)23(5-2)6-3;/h7-14,20,25H,4-6,15H2,1-3H3;1H. The van der Waals surface area contributed by atoms with Gasteiger partial charge >= 0.3 is 0 Å². The van der Waals surface area contributed by atoms with Crippen molar-refractivity contribution in [1.29, 1.82) is 0 Å². The van der Waals surface area contributed by atoms with Crippen LogP contribution in [0.1, 0.15) is 44.7 Å². The molecule has 1 atom stereocenters. The van der Waals surface area contributed by atoms with Crippen LogP contribution in [0.4, 0.5) is 5.69 Å². The van der Waals surface area contributed by atoms with Crippen LogP contribution in [0, 0.1) is 0 Å². The molecule has 0 bridgehead atoms. The summed E-state index contributed by atoms with van der Waals surface area (Å²) >= 11 is 0. The molecular formula is C21H28ClN3O. The maximum absolute atomic E-state index is 10.9. The summed E-state index contributed by atoms with van der Waals surface area (Å²) < 4.78 is 2.14. The lowest BCUT2D eigenvalue weighted by Gasteiger charge is -2.21. The number of hydrogen-bond acceptors (Lipinski definition) is 3. The molecule has 1 unspecified atom stereocenters.